The van der Waals surface area contributed by atoms with Crippen LogP contribution in [0.4, 0.5) is 0 Å². The lowest BCUT2D eigenvalue weighted by Gasteiger charge is -2.24. The molecule has 1 aromatic heterocycles. The van der Waals surface area contributed by atoms with E-state index in [1.807, 2.05) is 23.2 Å². The van der Waals surface area contributed by atoms with Crippen LogP contribution in [0.3, 0.4) is 0 Å². The molecule has 1 aliphatic rings. The van der Waals surface area contributed by atoms with Crippen molar-refractivity contribution in [3.63, 3.8) is 0 Å². The van der Waals surface area contributed by atoms with Crippen LogP contribution in [0, 0.1) is 0 Å². The summed E-state index contributed by atoms with van der Waals surface area (Å²) in [5.41, 5.74) is 6.92. The van der Waals surface area contributed by atoms with Gasteiger partial charge in [-0.05, 0) is 18.1 Å². The van der Waals surface area contributed by atoms with Crippen LogP contribution >= 0.6 is 0 Å². The van der Waals surface area contributed by atoms with Gasteiger partial charge in [0, 0.05) is 18.9 Å². The average Bonchev–Trinajstić information content (AvgIpc) is 2.69. The molecule has 0 aliphatic carbocycles. The maximum atomic E-state index is 9.17. The first-order valence-corrected chi connectivity index (χ1v) is 5.37. The highest BCUT2D eigenvalue weighted by atomic mass is 16.3. The third kappa shape index (κ3) is 2.30. The van der Waals surface area contributed by atoms with E-state index in [1.54, 1.807) is 6.20 Å². The predicted molar refractivity (Wildman–Crippen MR) is 62.0 cm³/mol. The van der Waals surface area contributed by atoms with Crippen molar-refractivity contribution < 1.29 is 5.11 Å². The van der Waals surface area contributed by atoms with E-state index < -0.39 is 0 Å². The molecule has 0 spiro atoms. The first-order chi connectivity index (χ1) is 7.81. The molecule has 2 rings (SSSR count). The van der Waals surface area contributed by atoms with Gasteiger partial charge in [-0.1, -0.05) is 6.07 Å². The van der Waals surface area contributed by atoms with Crippen LogP contribution in [0.25, 0.3) is 0 Å². The molecule has 0 amide bonds. The molecule has 0 fully saturated rings. The summed E-state index contributed by atoms with van der Waals surface area (Å²) in [5, 5.41) is 9.17. The van der Waals surface area contributed by atoms with E-state index in [-0.39, 0.29) is 12.6 Å². The van der Waals surface area contributed by atoms with E-state index in [0.717, 1.165) is 13.0 Å². The fourth-order valence-corrected chi connectivity index (χ4v) is 1.82. The first kappa shape index (κ1) is 10.9. The molecule has 1 atom stereocenters. The number of nitrogens with zero attached hydrogens (tertiary/aromatic N) is 3. The van der Waals surface area contributed by atoms with Gasteiger partial charge in [0.2, 0.25) is 0 Å². The zero-order valence-electron chi connectivity index (χ0n) is 9.08. The number of aliphatic imine (C=N–C) groups is 1. The molecule has 2 heterocycles. The second-order valence-electron chi connectivity index (χ2n) is 3.84. The van der Waals surface area contributed by atoms with Gasteiger partial charge in [0.25, 0.3) is 0 Å². The van der Waals surface area contributed by atoms with E-state index in [2.05, 4.69) is 9.98 Å². The monoisotopic (exact) mass is 220 g/mol. The van der Waals surface area contributed by atoms with Crippen molar-refractivity contribution in [3.8, 4) is 0 Å². The number of nitrogens with two attached hydrogens (primary N) is 1. The van der Waals surface area contributed by atoms with Gasteiger partial charge in [0.1, 0.15) is 0 Å². The number of pyridine rings is 1. The lowest BCUT2D eigenvalue weighted by Crippen LogP contribution is -2.43. The van der Waals surface area contributed by atoms with Gasteiger partial charge in [-0.2, -0.15) is 0 Å². The summed E-state index contributed by atoms with van der Waals surface area (Å²) in [5.74, 6) is 0.531. The minimum atomic E-state index is 0.0386. The van der Waals surface area contributed by atoms with Crippen molar-refractivity contribution in [2.75, 3.05) is 19.7 Å². The largest absolute Gasteiger partial charge is 0.394 e. The smallest absolute Gasteiger partial charge is 0.191 e. The summed E-state index contributed by atoms with van der Waals surface area (Å²) >= 11 is 0. The molecular weight excluding hydrogens is 204 g/mol. The Bertz CT molecular complexity index is 366. The molecule has 0 bridgehead atoms. The number of aromatic nitrogens is 1. The van der Waals surface area contributed by atoms with Crippen molar-refractivity contribution in [2.45, 2.75) is 12.5 Å². The third-order valence-electron chi connectivity index (χ3n) is 2.77. The minimum Gasteiger partial charge on any atom is -0.394 e. The Morgan fingerprint density at radius 1 is 1.56 bits per heavy atom. The van der Waals surface area contributed by atoms with Gasteiger partial charge in [0.15, 0.2) is 5.96 Å². The third-order valence-corrected chi connectivity index (χ3v) is 2.77. The number of aliphatic hydroxyl groups excluding tert-OH is 1. The predicted octanol–water partition coefficient (Wildman–Crippen LogP) is -0.385. The molecule has 0 radical (unpaired) electrons. The van der Waals surface area contributed by atoms with Crippen LogP contribution in [0.2, 0.25) is 0 Å². The second kappa shape index (κ2) is 4.94. The van der Waals surface area contributed by atoms with Crippen molar-refractivity contribution in [1.29, 1.82) is 0 Å². The Balaban J connectivity index is 1.92. The summed E-state index contributed by atoms with van der Waals surface area (Å²) in [6, 6.07) is 3.99. The Morgan fingerprint density at radius 2 is 2.44 bits per heavy atom. The molecule has 1 aliphatic heterocycles. The maximum Gasteiger partial charge on any atom is 0.191 e. The van der Waals surface area contributed by atoms with Gasteiger partial charge < -0.3 is 15.7 Å². The Kier molecular flexibility index (Phi) is 3.36. The molecule has 1 aromatic rings. The molecule has 16 heavy (non-hydrogen) atoms. The number of rotatable bonds is 4. The quantitative estimate of drug-likeness (QED) is 0.725. The second-order valence-corrected chi connectivity index (χ2v) is 3.84. The van der Waals surface area contributed by atoms with E-state index in [9.17, 15) is 0 Å². The zero-order valence-corrected chi connectivity index (χ0v) is 9.08. The highest BCUT2D eigenvalue weighted by molar-refractivity contribution is 5.80. The SMILES string of the molecule is NC1=NC[C@H](CO)N1CCc1cccnc1. The lowest BCUT2D eigenvalue weighted by atomic mass is 10.2. The molecule has 86 valence electrons. The minimum absolute atomic E-state index is 0.0386. The highest BCUT2D eigenvalue weighted by Gasteiger charge is 2.24. The Labute approximate surface area is 94.6 Å². The van der Waals surface area contributed by atoms with Gasteiger partial charge in [-0.3, -0.25) is 9.98 Å². The standard InChI is InChI=1S/C11H16N4O/c12-11-14-7-10(8-16)15(11)5-3-9-2-1-4-13-6-9/h1-2,4,6,10,16H,3,5,7-8H2,(H2,12,14)/t10-/m1/s1. The van der Waals surface area contributed by atoms with Gasteiger partial charge in [-0.15, -0.1) is 0 Å². The van der Waals surface area contributed by atoms with Crippen molar-refractivity contribution >= 4 is 5.96 Å². The Morgan fingerprint density at radius 3 is 3.12 bits per heavy atom. The molecule has 0 saturated heterocycles. The molecule has 3 N–H and O–H groups in total. The van der Waals surface area contributed by atoms with Crippen LogP contribution in [-0.2, 0) is 6.42 Å². The summed E-state index contributed by atoms with van der Waals surface area (Å²) in [6.45, 7) is 1.46. The molecular formula is C11H16N4O. The fourth-order valence-electron chi connectivity index (χ4n) is 1.82. The number of hydrogen-bond acceptors (Lipinski definition) is 5. The summed E-state index contributed by atoms with van der Waals surface area (Å²) in [6.07, 6.45) is 4.46. The molecule has 0 aromatic carbocycles. The van der Waals surface area contributed by atoms with Crippen molar-refractivity contribution in [2.24, 2.45) is 10.7 Å². The van der Waals surface area contributed by atoms with E-state index in [0.29, 0.717) is 12.5 Å². The van der Waals surface area contributed by atoms with E-state index >= 15 is 0 Å². The van der Waals surface area contributed by atoms with Crippen LogP contribution in [0.1, 0.15) is 5.56 Å². The van der Waals surface area contributed by atoms with E-state index in [1.165, 1.54) is 5.56 Å². The normalized spacial score (nSPS) is 19.9. The average molecular weight is 220 g/mol. The van der Waals surface area contributed by atoms with Crippen molar-refractivity contribution in [3.05, 3.63) is 30.1 Å². The number of hydrogen-bond donors (Lipinski definition) is 2. The fraction of sp³-hybridized carbons (Fsp3) is 0.455. The summed E-state index contributed by atoms with van der Waals surface area (Å²) in [4.78, 5) is 10.1. The molecule has 5 nitrogen and oxygen atoms in total. The van der Waals surface area contributed by atoms with Gasteiger partial charge in [0.05, 0.1) is 19.2 Å². The van der Waals surface area contributed by atoms with Gasteiger partial charge >= 0.3 is 0 Å². The lowest BCUT2D eigenvalue weighted by molar-refractivity contribution is 0.196. The van der Waals surface area contributed by atoms with Crippen molar-refractivity contribution in [1.82, 2.24) is 9.88 Å². The first-order valence-electron chi connectivity index (χ1n) is 5.37. The van der Waals surface area contributed by atoms with Crippen LogP contribution < -0.4 is 5.73 Å². The molecule has 0 unspecified atom stereocenters. The molecule has 5 heteroatoms. The van der Waals surface area contributed by atoms with Crippen LogP contribution in [0.5, 0.6) is 0 Å². The van der Waals surface area contributed by atoms with Crippen LogP contribution in [0.15, 0.2) is 29.5 Å². The highest BCUT2D eigenvalue weighted by Crippen LogP contribution is 2.09. The van der Waals surface area contributed by atoms with Gasteiger partial charge in [-0.25, -0.2) is 0 Å². The zero-order chi connectivity index (χ0) is 11.4. The Hall–Kier alpha value is -1.62. The van der Waals surface area contributed by atoms with E-state index in [4.69, 9.17) is 10.8 Å². The number of aliphatic hydroxyl groups is 1. The topological polar surface area (TPSA) is 74.7 Å². The maximum absolute atomic E-state index is 9.17. The molecule has 0 saturated carbocycles. The summed E-state index contributed by atoms with van der Waals surface area (Å²) < 4.78 is 0. The van der Waals surface area contributed by atoms with Crippen LogP contribution in [-0.4, -0.2) is 46.7 Å². The summed E-state index contributed by atoms with van der Waals surface area (Å²) in [7, 11) is 0. The number of guanidine groups is 1.